The second kappa shape index (κ2) is 19.3. The maximum Gasteiger partial charge on any atom is 0.333 e. The molecule has 1 fully saturated rings. The number of nitrogens with two attached hydrogens (primary N) is 1. The maximum atomic E-state index is 12.1. The maximum absolute atomic E-state index is 12.1. The van der Waals surface area contributed by atoms with Gasteiger partial charge in [0, 0.05) is 0 Å². The smallest absolute Gasteiger partial charge is 0.333 e. The Morgan fingerprint density at radius 1 is 1.17 bits per heavy atom. The van der Waals surface area contributed by atoms with Gasteiger partial charge in [-0.2, -0.15) is 0 Å². The molecule has 8 nitrogen and oxygen atoms in total. The molecule has 0 bridgehead atoms. The fraction of sp³-hybridized carbons (Fsp3) is 0.667. The molecule has 6 N–H and O–H groups in total. The number of hydrogen-bond acceptors (Lipinski definition) is 4. The van der Waals surface area contributed by atoms with Gasteiger partial charge in [-0.25, -0.2) is 14.6 Å². The average Bonchev–Trinajstić information content (AvgIpc) is 3.66. The zero-order valence-electron chi connectivity index (χ0n) is 25.2. The largest absolute Gasteiger partial charge is 0.479 e. The third kappa shape index (κ3) is 13.1. The predicted molar refractivity (Wildman–Crippen MR) is 166 cm³/mol. The number of carboxylic acid groups (broad SMARTS) is 2. The van der Waals surface area contributed by atoms with Crippen LogP contribution < -0.4 is 11.1 Å². The quantitative estimate of drug-likeness (QED) is 0.0306. The van der Waals surface area contributed by atoms with Crippen molar-refractivity contribution in [3.8, 4) is 0 Å². The SMILES string of the molecule is CCCCCC(=C/C(NC(N)=NC/C=C(\C(=O)O)C(O)CCC1CCCC1)C(=O)O)/C=C/CC(CC)C1=CCCC1. The van der Waals surface area contributed by atoms with Crippen LogP contribution in [-0.4, -0.2) is 51.9 Å². The Bertz CT molecular complexity index is 975. The summed E-state index contributed by atoms with van der Waals surface area (Å²) in [6, 6.07) is -1.07. The van der Waals surface area contributed by atoms with E-state index in [4.69, 9.17) is 5.73 Å². The van der Waals surface area contributed by atoms with Crippen LogP contribution in [0.4, 0.5) is 0 Å². The van der Waals surface area contributed by atoms with Crippen LogP contribution in [0, 0.1) is 11.8 Å². The molecule has 230 valence electrons. The molecule has 0 aromatic carbocycles. The fourth-order valence-electron chi connectivity index (χ4n) is 5.88. The summed E-state index contributed by atoms with van der Waals surface area (Å²) in [7, 11) is 0. The van der Waals surface area contributed by atoms with Crippen molar-refractivity contribution in [3.63, 3.8) is 0 Å². The van der Waals surface area contributed by atoms with Crippen LogP contribution in [-0.2, 0) is 9.59 Å². The molecule has 2 aliphatic rings. The minimum Gasteiger partial charge on any atom is -0.479 e. The third-order valence-corrected chi connectivity index (χ3v) is 8.37. The Labute approximate surface area is 246 Å². The minimum atomic E-state index is -1.19. The minimum absolute atomic E-state index is 0.0749. The number of carboxylic acids is 2. The molecule has 0 radical (unpaired) electrons. The highest BCUT2D eigenvalue weighted by Gasteiger charge is 2.22. The van der Waals surface area contributed by atoms with E-state index in [2.05, 4.69) is 36.3 Å². The van der Waals surface area contributed by atoms with E-state index in [0.717, 1.165) is 63.4 Å². The number of guanidine groups is 1. The summed E-state index contributed by atoms with van der Waals surface area (Å²) >= 11 is 0. The number of unbranched alkanes of at least 4 members (excludes halogenated alkanes) is 2. The van der Waals surface area contributed by atoms with Crippen molar-refractivity contribution in [1.82, 2.24) is 5.32 Å². The summed E-state index contributed by atoms with van der Waals surface area (Å²) in [5.41, 5.74) is 8.39. The number of aliphatic carboxylic acids is 2. The Morgan fingerprint density at radius 3 is 2.54 bits per heavy atom. The van der Waals surface area contributed by atoms with Gasteiger partial charge in [0.05, 0.1) is 18.2 Å². The monoisotopic (exact) mass is 571 g/mol. The number of rotatable bonds is 19. The van der Waals surface area contributed by atoms with Crippen molar-refractivity contribution < 1.29 is 24.9 Å². The van der Waals surface area contributed by atoms with E-state index in [9.17, 15) is 24.9 Å². The first-order valence-electron chi connectivity index (χ1n) is 15.7. The Morgan fingerprint density at radius 2 is 1.93 bits per heavy atom. The van der Waals surface area contributed by atoms with Crippen LogP contribution in [0.2, 0.25) is 0 Å². The number of aliphatic hydroxyl groups excluding tert-OH is 1. The van der Waals surface area contributed by atoms with Crippen LogP contribution >= 0.6 is 0 Å². The summed E-state index contributed by atoms with van der Waals surface area (Å²) in [5.74, 6) is -1.26. The summed E-state index contributed by atoms with van der Waals surface area (Å²) < 4.78 is 0. The lowest BCUT2D eigenvalue weighted by Crippen LogP contribution is -2.43. The molecular weight excluding hydrogens is 518 g/mol. The third-order valence-electron chi connectivity index (χ3n) is 8.37. The predicted octanol–water partition coefficient (Wildman–Crippen LogP) is 6.28. The van der Waals surface area contributed by atoms with Gasteiger partial charge in [0.1, 0.15) is 6.04 Å². The highest BCUT2D eigenvalue weighted by atomic mass is 16.4. The van der Waals surface area contributed by atoms with Gasteiger partial charge in [0.2, 0.25) is 0 Å². The van der Waals surface area contributed by atoms with Crippen molar-refractivity contribution in [1.29, 1.82) is 0 Å². The molecule has 0 saturated heterocycles. The first kappa shape index (κ1) is 34.3. The van der Waals surface area contributed by atoms with Gasteiger partial charge in [0.25, 0.3) is 0 Å². The molecule has 0 aromatic rings. The normalized spacial score (nSPS) is 19.4. The number of hydrogen-bond donors (Lipinski definition) is 5. The van der Waals surface area contributed by atoms with E-state index in [1.807, 2.05) is 6.08 Å². The van der Waals surface area contributed by atoms with Crippen molar-refractivity contribution in [2.75, 3.05) is 6.54 Å². The van der Waals surface area contributed by atoms with E-state index < -0.39 is 24.1 Å². The summed E-state index contributed by atoms with van der Waals surface area (Å²) in [5, 5.41) is 32.7. The Kier molecular flexibility index (Phi) is 16.2. The molecule has 2 rings (SSSR count). The highest BCUT2D eigenvalue weighted by Crippen LogP contribution is 2.31. The van der Waals surface area contributed by atoms with Gasteiger partial charge in [-0.1, -0.05) is 76.2 Å². The lowest BCUT2D eigenvalue weighted by Gasteiger charge is -2.15. The molecule has 41 heavy (non-hydrogen) atoms. The number of nitrogens with one attached hydrogen (secondary N) is 1. The molecule has 2 aliphatic carbocycles. The molecule has 3 unspecified atom stereocenters. The van der Waals surface area contributed by atoms with E-state index in [0.29, 0.717) is 18.3 Å². The molecular formula is C33H53N3O5. The average molecular weight is 572 g/mol. The van der Waals surface area contributed by atoms with Crippen LogP contribution in [0.25, 0.3) is 0 Å². The standard InChI is InChI=1S/C33H53N3O5/c1-3-5-6-14-25(15-11-18-26(4-2)27-16-9-10-17-27)23-29(32(40)41)36-33(34)35-22-21-28(31(38)39)30(37)20-19-24-12-7-8-13-24/h11,15-16,21,23-24,26,29-30,37H,3-10,12-14,17-20,22H2,1-2H3,(H,38,39)(H,40,41)(H3,34,35,36)/b15-11+,25-23-,28-21-. The van der Waals surface area contributed by atoms with Gasteiger partial charge >= 0.3 is 11.9 Å². The molecule has 1 saturated carbocycles. The highest BCUT2D eigenvalue weighted by molar-refractivity contribution is 5.88. The summed E-state index contributed by atoms with van der Waals surface area (Å²) in [4.78, 5) is 27.9. The van der Waals surface area contributed by atoms with Crippen LogP contribution in [0.15, 0.2) is 52.1 Å². The van der Waals surface area contributed by atoms with Crippen molar-refractivity contribution in [3.05, 3.63) is 47.1 Å². The number of nitrogens with zero attached hydrogens (tertiary/aromatic N) is 1. The lowest BCUT2D eigenvalue weighted by molar-refractivity contribution is -0.138. The van der Waals surface area contributed by atoms with E-state index >= 15 is 0 Å². The zero-order valence-corrected chi connectivity index (χ0v) is 25.2. The molecule has 0 spiro atoms. The first-order chi connectivity index (χ1) is 19.7. The Hall–Kier alpha value is -2.87. The van der Waals surface area contributed by atoms with Crippen molar-refractivity contribution in [2.45, 2.75) is 122 Å². The summed E-state index contributed by atoms with van der Waals surface area (Å²) in [6.07, 6.45) is 23.9. The van der Waals surface area contributed by atoms with E-state index in [1.54, 1.807) is 11.6 Å². The van der Waals surface area contributed by atoms with Crippen molar-refractivity contribution in [2.24, 2.45) is 22.6 Å². The Balaban J connectivity index is 2.05. The zero-order chi connectivity index (χ0) is 30.0. The van der Waals surface area contributed by atoms with E-state index in [1.165, 1.54) is 38.2 Å². The van der Waals surface area contributed by atoms with Crippen molar-refractivity contribution >= 4 is 17.9 Å². The van der Waals surface area contributed by atoms with Crippen LogP contribution in [0.1, 0.15) is 110 Å². The van der Waals surface area contributed by atoms with E-state index in [-0.39, 0.29) is 18.1 Å². The second-order valence-electron chi connectivity index (χ2n) is 11.5. The second-order valence-corrected chi connectivity index (χ2v) is 11.5. The number of allylic oxidation sites excluding steroid dienone is 5. The van der Waals surface area contributed by atoms with Gasteiger partial charge in [-0.3, -0.25) is 0 Å². The van der Waals surface area contributed by atoms with Crippen LogP contribution in [0.5, 0.6) is 0 Å². The molecule has 8 heteroatoms. The lowest BCUT2D eigenvalue weighted by atomic mass is 9.92. The number of aliphatic imine (C=N–C) groups is 1. The molecule has 0 aliphatic heterocycles. The topological polar surface area (TPSA) is 145 Å². The van der Waals surface area contributed by atoms with Gasteiger partial charge in [0.15, 0.2) is 5.96 Å². The molecule has 0 aromatic heterocycles. The van der Waals surface area contributed by atoms with Gasteiger partial charge < -0.3 is 26.4 Å². The molecule has 0 amide bonds. The van der Waals surface area contributed by atoms with Gasteiger partial charge in [-0.15, -0.1) is 0 Å². The summed E-state index contributed by atoms with van der Waals surface area (Å²) in [6.45, 7) is 4.28. The molecule has 0 heterocycles. The first-order valence-corrected chi connectivity index (χ1v) is 15.7. The van der Waals surface area contributed by atoms with Crippen LogP contribution in [0.3, 0.4) is 0 Å². The molecule has 3 atom stereocenters. The van der Waals surface area contributed by atoms with Gasteiger partial charge in [-0.05, 0) is 87.3 Å². The number of aliphatic hydroxyl groups is 1. The number of carbonyl (C=O) groups is 2. The fourth-order valence-corrected chi connectivity index (χ4v) is 5.88.